The molecule has 1 unspecified atom stereocenters. The maximum absolute atomic E-state index is 12.6. The fourth-order valence-corrected chi connectivity index (χ4v) is 1.94. The van der Waals surface area contributed by atoms with E-state index in [1.165, 1.54) is 12.0 Å². The molecule has 0 spiro atoms. The van der Waals surface area contributed by atoms with Gasteiger partial charge in [-0.1, -0.05) is 26.0 Å². The van der Waals surface area contributed by atoms with E-state index >= 15 is 0 Å². The second-order valence-corrected chi connectivity index (χ2v) is 3.80. The van der Waals surface area contributed by atoms with Gasteiger partial charge in [0.1, 0.15) is 5.82 Å². The van der Waals surface area contributed by atoms with Crippen molar-refractivity contribution in [3.05, 3.63) is 35.6 Å². The van der Waals surface area contributed by atoms with E-state index in [-0.39, 0.29) is 5.82 Å². The zero-order chi connectivity index (χ0) is 11.3. The lowest BCUT2D eigenvalue weighted by atomic mass is 9.99. The summed E-state index contributed by atoms with van der Waals surface area (Å²) in [5.74, 6) is 0.459. The first kappa shape index (κ1) is 12.2. The molecule has 0 amide bonds. The molecule has 1 aliphatic heterocycles. The van der Waals surface area contributed by atoms with Crippen molar-refractivity contribution in [3.8, 4) is 0 Å². The summed E-state index contributed by atoms with van der Waals surface area (Å²) in [6.07, 6.45) is 1.20. The predicted molar refractivity (Wildman–Crippen MR) is 62.6 cm³/mol. The Labute approximate surface area is 91.9 Å². The number of halogens is 1. The number of hydrogen-bond acceptors (Lipinski definition) is 1. The number of hydrogen-bond donors (Lipinski definition) is 0. The average Bonchev–Trinajstić information content (AvgIpc) is 2.69. The lowest BCUT2D eigenvalue weighted by molar-refractivity contribution is 0.411. The first-order valence-corrected chi connectivity index (χ1v) is 5.70. The second kappa shape index (κ2) is 5.86. The third-order valence-corrected chi connectivity index (χ3v) is 2.73. The zero-order valence-corrected chi connectivity index (χ0v) is 9.83. The monoisotopic (exact) mass is 209 g/mol. The van der Waals surface area contributed by atoms with Crippen LogP contribution in [0.15, 0.2) is 24.3 Å². The molecule has 15 heavy (non-hydrogen) atoms. The van der Waals surface area contributed by atoms with Gasteiger partial charge in [-0.15, -0.1) is 0 Å². The van der Waals surface area contributed by atoms with Gasteiger partial charge in [0.2, 0.25) is 0 Å². The van der Waals surface area contributed by atoms with Crippen molar-refractivity contribution in [3.63, 3.8) is 0 Å². The summed E-state index contributed by atoms with van der Waals surface area (Å²) in [5.41, 5.74) is 1.27. The highest BCUT2D eigenvalue weighted by molar-refractivity contribution is 5.21. The van der Waals surface area contributed by atoms with Crippen LogP contribution in [0.3, 0.4) is 0 Å². The van der Waals surface area contributed by atoms with Gasteiger partial charge in [0.05, 0.1) is 0 Å². The van der Waals surface area contributed by atoms with Crippen molar-refractivity contribution < 1.29 is 4.39 Å². The largest absolute Gasteiger partial charge is 0.306 e. The Morgan fingerprint density at radius 3 is 2.27 bits per heavy atom. The predicted octanol–water partition coefficient (Wildman–Crippen LogP) is 3.27. The molecule has 2 heteroatoms. The summed E-state index contributed by atoms with van der Waals surface area (Å²) < 4.78 is 12.6. The van der Waals surface area contributed by atoms with Crippen LogP contribution in [-0.2, 0) is 0 Å². The van der Waals surface area contributed by atoms with Gasteiger partial charge in [-0.3, -0.25) is 0 Å². The Morgan fingerprint density at radius 2 is 1.80 bits per heavy atom. The van der Waals surface area contributed by atoms with Crippen molar-refractivity contribution in [2.75, 3.05) is 20.1 Å². The Balaban J connectivity index is 0.000000531. The molecule has 1 aromatic carbocycles. The molecule has 0 aliphatic carbocycles. The molecule has 0 N–H and O–H groups in total. The number of rotatable bonds is 1. The molecule has 1 saturated heterocycles. The first-order chi connectivity index (χ1) is 7.25. The Hall–Kier alpha value is -0.890. The lowest BCUT2D eigenvalue weighted by Crippen LogP contribution is -2.13. The highest BCUT2D eigenvalue weighted by Gasteiger charge is 2.20. The number of benzene rings is 1. The van der Waals surface area contributed by atoms with Gasteiger partial charge in [-0.05, 0) is 43.6 Å². The quantitative estimate of drug-likeness (QED) is 0.686. The molecule has 0 aromatic heterocycles. The van der Waals surface area contributed by atoms with Gasteiger partial charge in [0, 0.05) is 6.54 Å². The molecular weight excluding hydrogens is 189 g/mol. The molecule has 1 aromatic rings. The molecule has 84 valence electrons. The molecule has 1 nitrogen and oxygen atoms in total. The Kier molecular flexibility index (Phi) is 4.76. The van der Waals surface area contributed by atoms with Crippen LogP contribution >= 0.6 is 0 Å². The van der Waals surface area contributed by atoms with Crippen molar-refractivity contribution in [2.24, 2.45) is 0 Å². The van der Waals surface area contributed by atoms with Crippen molar-refractivity contribution in [1.29, 1.82) is 0 Å². The maximum atomic E-state index is 12.6. The van der Waals surface area contributed by atoms with Crippen molar-refractivity contribution in [1.82, 2.24) is 4.90 Å². The van der Waals surface area contributed by atoms with E-state index in [0.717, 1.165) is 13.1 Å². The molecule has 1 atom stereocenters. The van der Waals surface area contributed by atoms with E-state index in [4.69, 9.17) is 0 Å². The van der Waals surface area contributed by atoms with Crippen LogP contribution in [0.25, 0.3) is 0 Å². The molecular formula is C13H20FN. The standard InChI is InChI=1S/C11H14FN.C2H6/c1-13-7-6-10(8-13)9-2-4-11(12)5-3-9;1-2/h2-5,10H,6-8H2,1H3;1-2H3. The summed E-state index contributed by atoms with van der Waals surface area (Å²) in [5, 5.41) is 0. The van der Waals surface area contributed by atoms with Gasteiger partial charge in [0.25, 0.3) is 0 Å². The van der Waals surface area contributed by atoms with Crippen LogP contribution in [0.1, 0.15) is 31.7 Å². The highest BCUT2D eigenvalue weighted by atomic mass is 19.1. The fourth-order valence-electron chi connectivity index (χ4n) is 1.94. The van der Waals surface area contributed by atoms with Gasteiger partial charge < -0.3 is 4.90 Å². The molecule has 0 saturated carbocycles. The summed E-state index contributed by atoms with van der Waals surface area (Å²) in [4.78, 5) is 2.31. The molecule has 1 heterocycles. The minimum absolute atomic E-state index is 0.143. The minimum Gasteiger partial charge on any atom is -0.306 e. The minimum atomic E-state index is -0.143. The third kappa shape index (κ3) is 3.31. The van der Waals surface area contributed by atoms with E-state index in [2.05, 4.69) is 11.9 Å². The zero-order valence-electron chi connectivity index (χ0n) is 9.83. The highest BCUT2D eigenvalue weighted by Crippen LogP contribution is 2.25. The Morgan fingerprint density at radius 1 is 1.20 bits per heavy atom. The Bertz CT molecular complexity index is 281. The first-order valence-electron chi connectivity index (χ1n) is 5.70. The van der Waals surface area contributed by atoms with Crippen LogP contribution in [0.4, 0.5) is 4.39 Å². The average molecular weight is 209 g/mol. The molecule has 0 bridgehead atoms. The fraction of sp³-hybridized carbons (Fsp3) is 0.538. The van der Waals surface area contributed by atoms with Crippen LogP contribution in [-0.4, -0.2) is 25.0 Å². The molecule has 2 rings (SSSR count). The molecule has 1 aliphatic rings. The number of nitrogens with zero attached hydrogens (tertiary/aromatic N) is 1. The lowest BCUT2D eigenvalue weighted by Gasteiger charge is -2.10. The van der Waals surface area contributed by atoms with Crippen LogP contribution in [0.5, 0.6) is 0 Å². The van der Waals surface area contributed by atoms with Crippen LogP contribution < -0.4 is 0 Å². The van der Waals surface area contributed by atoms with Gasteiger partial charge in [-0.2, -0.15) is 0 Å². The maximum Gasteiger partial charge on any atom is 0.123 e. The molecule has 1 fully saturated rings. The second-order valence-electron chi connectivity index (χ2n) is 3.80. The van der Waals surface area contributed by atoms with E-state index < -0.39 is 0 Å². The van der Waals surface area contributed by atoms with E-state index in [1.807, 2.05) is 26.0 Å². The number of likely N-dealkylation sites (N-methyl/N-ethyl adjacent to an activating group) is 1. The smallest absolute Gasteiger partial charge is 0.123 e. The van der Waals surface area contributed by atoms with Gasteiger partial charge >= 0.3 is 0 Å². The normalized spacial score (nSPS) is 20.9. The van der Waals surface area contributed by atoms with Crippen molar-refractivity contribution >= 4 is 0 Å². The van der Waals surface area contributed by atoms with Gasteiger partial charge in [0.15, 0.2) is 0 Å². The number of likely N-dealkylation sites (tertiary alicyclic amines) is 1. The van der Waals surface area contributed by atoms with E-state index in [1.54, 1.807) is 12.1 Å². The third-order valence-electron chi connectivity index (χ3n) is 2.73. The van der Waals surface area contributed by atoms with E-state index in [0.29, 0.717) is 5.92 Å². The SMILES string of the molecule is CC.CN1CCC(c2ccc(F)cc2)C1. The summed E-state index contributed by atoms with van der Waals surface area (Å²) in [7, 11) is 2.13. The van der Waals surface area contributed by atoms with Crippen LogP contribution in [0.2, 0.25) is 0 Å². The topological polar surface area (TPSA) is 3.24 Å². The molecule has 0 radical (unpaired) electrons. The summed E-state index contributed by atoms with van der Waals surface area (Å²) in [6.45, 7) is 6.26. The summed E-state index contributed by atoms with van der Waals surface area (Å²) >= 11 is 0. The summed E-state index contributed by atoms with van der Waals surface area (Å²) in [6, 6.07) is 6.90. The van der Waals surface area contributed by atoms with E-state index in [9.17, 15) is 4.39 Å². The van der Waals surface area contributed by atoms with Gasteiger partial charge in [-0.25, -0.2) is 4.39 Å². The van der Waals surface area contributed by atoms with Crippen molar-refractivity contribution in [2.45, 2.75) is 26.2 Å². The van der Waals surface area contributed by atoms with Crippen LogP contribution in [0, 0.1) is 5.82 Å².